The number of hydrogen-bond acceptors (Lipinski definition) is 3. The molecule has 1 heterocycles. The first-order chi connectivity index (χ1) is 7.75. The van der Waals surface area contributed by atoms with Gasteiger partial charge in [-0.2, -0.15) is 0 Å². The summed E-state index contributed by atoms with van der Waals surface area (Å²) in [5, 5.41) is 10.7. The van der Waals surface area contributed by atoms with Gasteiger partial charge in [-0.15, -0.1) is 0 Å². The van der Waals surface area contributed by atoms with Crippen LogP contribution in [0.5, 0.6) is 0 Å². The molecule has 0 unspecified atom stereocenters. The van der Waals surface area contributed by atoms with Crippen molar-refractivity contribution < 1.29 is 4.92 Å². The number of nitro groups is 1. The van der Waals surface area contributed by atoms with E-state index in [9.17, 15) is 10.1 Å². The maximum absolute atomic E-state index is 10.5. The van der Waals surface area contributed by atoms with Gasteiger partial charge in [0.25, 0.3) is 0 Å². The van der Waals surface area contributed by atoms with Gasteiger partial charge in [-0.1, -0.05) is 47.7 Å². The Kier molecular flexibility index (Phi) is 3.12. The van der Waals surface area contributed by atoms with Crippen LogP contribution in [0.4, 0.5) is 5.00 Å². The zero-order chi connectivity index (χ0) is 11.4. The first kappa shape index (κ1) is 10.6. The normalized spacial score (nSPS) is 10.8. The topological polar surface area (TPSA) is 43.1 Å². The summed E-state index contributed by atoms with van der Waals surface area (Å²) in [7, 11) is 0. The molecule has 0 N–H and O–H groups in total. The average molecular weight is 231 g/mol. The van der Waals surface area contributed by atoms with Gasteiger partial charge in [0.05, 0.1) is 4.92 Å². The number of benzene rings is 1. The predicted octanol–water partition coefficient (Wildman–Crippen LogP) is 3.83. The second-order valence-electron chi connectivity index (χ2n) is 3.18. The van der Waals surface area contributed by atoms with Crippen molar-refractivity contribution >= 4 is 28.5 Å². The van der Waals surface area contributed by atoms with Gasteiger partial charge in [-0.3, -0.25) is 10.1 Å². The van der Waals surface area contributed by atoms with E-state index < -0.39 is 0 Å². The van der Waals surface area contributed by atoms with Crippen molar-refractivity contribution in [3.63, 3.8) is 0 Å². The summed E-state index contributed by atoms with van der Waals surface area (Å²) < 4.78 is 0. The van der Waals surface area contributed by atoms with Crippen LogP contribution in [0, 0.1) is 10.1 Å². The van der Waals surface area contributed by atoms with Crippen LogP contribution in [0.2, 0.25) is 0 Å². The first-order valence-electron chi connectivity index (χ1n) is 4.73. The fourth-order valence-electron chi connectivity index (χ4n) is 1.27. The van der Waals surface area contributed by atoms with Gasteiger partial charge < -0.3 is 0 Å². The molecule has 1 aromatic carbocycles. The fraction of sp³-hybridized carbons (Fsp3) is 0. The van der Waals surface area contributed by atoms with Crippen LogP contribution in [0.3, 0.4) is 0 Å². The molecule has 0 amide bonds. The zero-order valence-electron chi connectivity index (χ0n) is 8.37. The summed E-state index contributed by atoms with van der Waals surface area (Å²) in [5.41, 5.74) is 1.08. The first-order valence-corrected chi connectivity index (χ1v) is 5.55. The van der Waals surface area contributed by atoms with Crippen LogP contribution in [0.25, 0.3) is 12.2 Å². The molecule has 0 saturated heterocycles. The lowest BCUT2D eigenvalue weighted by Crippen LogP contribution is -1.80. The molecule has 1 aromatic heterocycles. The van der Waals surface area contributed by atoms with E-state index in [2.05, 4.69) is 0 Å². The monoisotopic (exact) mass is 231 g/mol. The SMILES string of the molecule is O=[N+]([O-])c1ccc(/C=C/c2ccccc2)s1. The number of hydrogen-bond donors (Lipinski definition) is 0. The summed E-state index contributed by atoms with van der Waals surface area (Å²) >= 11 is 1.17. The highest BCUT2D eigenvalue weighted by Crippen LogP contribution is 2.25. The van der Waals surface area contributed by atoms with Gasteiger partial charge in [0.15, 0.2) is 0 Å². The van der Waals surface area contributed by atoms with Crippen molar-refractivity contribution in [2.45, 2.75) is 0 Å². The standard InChI is InChI=1S/C12H9NO2S/c14-13(15)12-9-8-11(16-12)7-6-10-4-2-1-3-5-10/h1-9H/b7-6+. The lowest BCUT2D eigenvalue weighted by molar-refractivity contribution is -0.380. The molecule has 0 atom stereocenters. The fourth-order valence-corrected chi connectivity index (χ4v) is 2.00. The van der Waals surface area contributed by atoms with E-state index in [4.69, 9.17) is 0 Å². The summed E-state index contributed by atoms with van der Waals surface area (Å²) in [6, 6.07) is 13.1. The quantitative estimate of drug-likeness (QED) is 0.595. The van der Waals surface area contributed by atoms with Gasteiger partial charge in [0.1, 0.15) is 0 Å². The summed E-state index contributed by atoms with van der Waals surface area (Å²) in [4.78, 5) is 11.0. The molecule has 0 spiro atoms. The number of nitrogens with zero attached hydrogens (tertiary/aromatic N) is 1. The van der Waals surface area contributed by atoms with Crippen LogP contribution >= 0.6 is 11.3 Å². The highest BCUT2D eigenvalue weighted by Gasteiger charge is 2.07. The highest BCUT2D eigenvalue weighted by molar-refractivity contribution is 7.16. The Morgan fingerprint density at radius 1 is 1.06 bits per heavy atom. The molecule has 0 aliphatic heterocycles. The van der Waals surface area contributed by atoms with E-state index in [-0.39, 0.29) is 9.92 Å². The molecule has 0 aliphatic carbocycles. The van der Waals surface area contributed by atoms with E-state index >= 15 is 0 Å². The largest absolute Gasteiger partial charge is 0.324 e. The van der Waals surface area contributed by atoms with E-state index in [1.807, 2.05) is 42.5 Å². The van der Waals surface area contributed by atoms with E-state index in [1.54, 1.807) is 6.07 Å². The van der Waals surface area contributed by atoms with Gasteiger partial charge in [0, 0.05) is 10.9 Å². The molecule has 3 nitrogen and oxygen atoms in total. The molecular formula is C12H9NO2S. The molecule has 2 rings (SSSR count). The molecule has 0 bridgehead atoms. The highest BCUT2D eigenvalue weighted by atomic mass is 32.1. The summed E-state index contributed by atoms with van der Waals surface area (Å²) in [6.45, 7) is 0. The second kappa shape index (κ2) is 4.72. The average Bonchev–Trinajstić information content (AvgIpc) is 2.76. The minimum atomic E-state index is -0.371. The number of thiophene rings is 1. The minimum absolute atomic E-state index is 0.174. The Labute approximate surface area is 96.8 Å². The van der Waals surface area contributed by atoms with Gasteiger partial charge in [-0.05, 0) is 17.7 Å². The van der Waals surface area contributed by atoms with Crippen LogP contribution in [-0.4, -0.2) is 4.92 Å². The maximum atomic E-state index is 10.5. The second-order valence-corrected chi connectivity index (χ2v) is 4.27. The third kappa shape index (κ3) is 2.55. The molecule has 0 saturated carbocycles. The van der Waals surface area contributed by atoms with Crippen molar-refractivity contribution in [2.75, 3.05) is 0 Å². The van der Waals surface area contributed by atoms with Gasteiger partial charge in [-0.25, -0.2) is 0 Å². The predicted molar refractivity (Wildman–Crippen MR) is 66.3 cm³/mol. The zero-order valence-corrected chi connectivity index (χ0v) is 9.18. The molecule has 2 aromatic rings. The molecule has 0 radical (unpaired) electrons. The van der Waals surface area contributed by atoms with Gasteiger partial charge in [0.2, 0.25) is 0 Å². The third-order valence-electron chi connectivity index (χ3n) is 2.03. The third-order valence-corrected chi connectivity index (χ3v) is 3.03. The van der Waals surface area contributed by atoms with Crippen LogP contribution in [0.15, 0.2) is 42.5 Å². The Hall–Kier alpha value is -1.94. The smallest absolute Gasteiger partial charge is 0.258 e. The van der Waals surface area contributed by atoms with Crippen molar-refractivity contribution in [3.8, 4) is 0 Å². The van der Waals surface area contributed by atoms with Gasteiger partial charge >= 0.3 is 5.00 Å². The van der Waals surface area contributed by atoms with Crippen molar-refractivity contribution in [1.82, 2.24) is 0 Å². The van der Waals surface area contributed by atoms with Crippen molar-refractivity contribution in [1.29, 1.82) is 0 Å². The van der Waals surface area contributed by atoms with E-state index in [0.29, 0.717) is 0 Å². The molecule has 80 valence electrons. The Morgan fingerprint density at radius 2 is 1.81 bits per heavy atom. The van der Waals surface area contributed by atoms with Crippen molar-refractivity contribution in [2.24, 2.45) is 0 Å². The van der Waals surface area contributed by atoms with Crippen LogP contribution in [-0.2, 0) is 0 Å². The lowest BCUT2D eigenvalue weighted by atomic mass is 10.2. The molecule has 0 fully saturated rings. The number of rotatable bonds is 3. The summed E-state index contributed by atoms with van der Waals surface area (Å²) in [5.74, 6) is 0. The van der Waals surface area contributed by atoms with Crippen LogP contribution < -0.4 is 0 Å². The van der Waals surface area contributed by atoms with E-state index in [0.717, 1.165) is 10.4 Å². The molecule has 0 aliphatic rings. The maximum Gasteiger partial charge on any atom is 0.324 e. The van der Waals surface area contributed by atoms with Crippen molar-refractivity contribution in [3.05, 3.63) is 63.0 Å². The molecule has 16 heavy (non-hydrogen) atoms. The Morgan fingerprint density at radius 3 is 2.44 bits per heavy atom. The Bertz CT molecular complexity index is 517. The Balaban J connectivity index is 2.15. The summed E-state index contributed by atoms with van der Waals surface area (Å²) in [6.07, 6.45) is 3.82. The lowest BCUT2D eigenvalue weighted by Gasteiger charge is -1.89. The minimum Gasteiger partial charge on any atom is -0.258 e. The molecule has 4 heteroatoms. The molecular weight excluding hydrogens is 222 g/mol. The van der Waals surface area contributed by atoms with Crippen LogP contribution in [0.1, 0.15) is 10.4 Å². The van der Waals surface area contributed by atoms with E-state index in [1.165, 1.54) is 17.4 Å².